The molecule has 0 unspecified atom stereocenters. The summed E-state index contributed by atoms with van der Waals surface area (Å²) in [7, 11) is 0. The molecule has 5 rings (SSSR count). The third kappa shape index (κ3) is 4.65. The number of nitrogens with zero attached hydrogens (tertiary/aromatic N) is 3. The first kappa shape index (κ1) is 20.2. The molecule has 0 radical (unpaired) electrons. The Morgan fingerprint density at radius 3 is 2.71 bits per heavy atom. The summed E-state index contributed by atoms with van der Waals surface area (Å²) in [6.45, 7) is 7.18. The molecule has 0 bridgehead atoms. The smallest absolute Gasteiger partial charge is 0.228 e. The monoisotopic (exact) mass is 433 g/mol. The highest BCUT2D eigenvalue weighted by molar-refractivity contribution is 7.13. The summed E-state index contributed by atoms with van der Waals surface area (Å²) in [6, 6.07) is 14.9. The van der Waals surface area contributed by atoms with Crippen molar-refractivity contribution in [3.8, 4) is 16.3 Å². The van der Waals surface area contributed by atoms with Gasteiger partial charge in [-0.3, -0.25) is 9.69 Å². The highest BCUT2D eigenvalue weighted by atomic mass is 32.1. The van der Waals surface area contributed by atoms with Crippen molar-refractivity contribution in [1.29, 1.82) is 0 Å². The summed E-state index contributed by atoms with van der Waals surface area (Å²) >= 11 is 1.61. The van der Waals surface area contributed by atoms with E-state index in [-0.39, 0.29) is 5.91 Å². The molecule has 0 spiro atoms. The molecule has 1 saturated heterocycles. The molecule has 6 heteroatoms. The molecule has 3 aromatic rings. The maximum atomic E-state index is 12.8. The first-order valence-electron chi connectivity index (χ1n) is 10.9. The number of aromatic nitrogens is 1. The van der Waals surface area contributed by atoms with Gasteiger partial charge in [0.2, 0.25) is 5.91 Å². The molecule has 1 amide bonds. The van der Waals surface area contributed by atoms with Crippen molar-refractivity contribution < 1.29 is 9.53 Å². The van der Waals surface area contributed by atoms with E-state index in [2.05, 4.69) is 54.3 Å². The zero-order valence-electron chi connectivity index (χ0n) is 17.8. The van der Waals surface area contributed by atoms with E-state index in [9.17, 15) is 4.79 Å². The fourth-order valence-corrected chi connectivity index (χ4v) is 5.06. The van der Waals surface area contributed by atoms with E-state index in [1.807, 2.05) is 10.3 Å². The number of amides is 1. The summed E-state index contributed by atoms with van der Waals surface area (Å²) in [6.07, 6.45) is 1.39. The first-order chi connectivity index (χ1) is 15.1. The Morgan fingerprint density at radius 1 is 1.10 bits per heavy atom. The molecule has 2 aromatic carbocycles. The van der Waals surface area contributed by atoms with Crippen LogP contribution in [0.3, 0.4) is 0 Å². The third-order valence-corrected chi connectivity index (χ3v) is 7.01. The Bertz CT molecular complexity index is 1070. The van der Waals surface area contributed by atoms with Crippen molar-refractivity contribution in [2.24, 2.45) is 0 Å². The maximum absolute atomic E-state index is 12.8. The number of rotatable bonds is 5. The molecule has 2 aliphatic heterocycles. The van der Waals surface area contributed by atoms with E-state index in [1.165, 1.54) is 16.7 Å². The normalized spacial score (nSPS) is 16.2. The van der Waals surface area contributed by atoms with Crippen LogP contribution in [0.4, 0.5) is 0 Å². The molecule has 2 aliphatic rings. The SMILES string of the molecule is Cc1ccc(-c2nc(CC(=O)N3CCN(Cc4ccc5c(c4)CCO5)CC3)cs2)cc1. The van der Waals surface area contributed by atoms with Gasteiger partial charge in [-0.25, -0.2) is 4.98 Å². The fraction of sp³-hybridized carbons (Fsp3) is 0.360. The first-order valence-corrected chi connectivity index (χ1v) is 11.8. The average molecular weight is 434 g/mol. The zero-order chi connectivity index (χ0) is 21.2. The Kier molecular flexibility index (Phi) is 5.74. The van der Waals surface area contributed by atoms with E-state index >= 15 is 0 Å². The average Bonchev–Trinajstić information content (AvgIpc) is 3.44. The van der Waals surface area contributed by atoms with Crippen LogP contribution in [0.1, 0.15) is 22.4 Å². The molecule has 0 N–H and O–H groups in total. The summed E-state index contributed by atoms with van der Waals surface area (Å²) in [5.74, 6) is 1.21. The van der Waals surface area contributed by atoms with Gasteiger partial charge < -0.3 is 9.64 Å². The van der Waals surface area contributed by atoms with Crippen molar-refractivity contribution in [3.63, 3.8) is 0 Å². The largest absolute Gasteiger partial charge is 0.493 e. The number of thiazole rings is 1. The van der Waals surface area contributed by atoms with Crippen LogP contribution in [-0.2, 0) is 24.2 Å². The van der Waals surface area contributed by atoms with Crippen LogP contribution in [0, 0.1) is 6.92 Å². The number of carbonyl (C=O) groups excluding carboxylic acids is 1. The summed E-state index contributed by atoms with van der Waals surface area (Å²) < 4.78 is 5.60. The molecule has 0 atom stereocenters. The van der Waals surface area contributed by atoms with Crippen LogP contribution in [0.5, 0.6) is 5.75 Å². The molecular formula is C25H27N3O2S. The van der Waals surface area contributed by atoms with Gasteiger partial charge in [0.25, 0.3) is 0 Å². The van der Waals surface area contributed by atoms with Gasteiger partial charge in [0, 0.05) is 50.1 Å². The second-order valence-corrected chi connectivity index (χ2v) is 9.24. The van der Waals surface area contributed by atoms with Crippen LogP contribution in [0.25, 0.3) is 10.6 Å². The molecule has 0 saturated carbocycles. The van der Waals surface area contributed by atoms with Crippen LogP contribution in [0.15, 0.2) is 47.8 Å². The molecular weight excluding hydrogens is 406 g/mol. The number of carbonyl (C=O) groups is 1. The number of fused-ring (bicyclic) bond motifs is 1. The minimum atomic E-state index is 0.176. The summed E-state index contributed by atoms with van der Waals surface area (Å²) in [5, 5.41) is 2.99. The van der Waals surface area contributed by atoms with Gasteiger partial charge in [-0.15, -0.1) is 11.3 Å². The van der Waals surface area contributed by atoms with E-state index in [1.54, 1.807) is 11.3 Å². The van der Waals surface area contributed by atoms with Crippen LogP contribution < -0.4 is 4.74 Å². The fourth-order valence-electron chi connectivity index (χ4n) is 4.24. The van der Waals surface area contributed by atoms with Crippen molar-refractivity contribution >= 4 is 17.2 Å². The molecule has 1 fully saturated rings. The van der Waals surface area contributed by atoms with E-state index in [0.29, 0.717) is 6.42 Å². The number of ether oxygens (including phenoxy) is 1. The summed E-state index contributed by atoms with van der Waals surface area (Å²) in [4.78, 5) is 21.9. The topological polar surface area (TPSA) is 45.7 Å². The highest BCUT2D eigenvalue weighted by Gasteiger charge is 2.22. The van der Waals surface area contributed by atoms with E-state index in [0.717, 1.165) is 67.8 Å². The van der Waals surface area contributed by atoms with Crippen molar-refractivity contribution in [1.82, 2.24) is 14.8 Å². The quantitative estimate of drug-likeness (QED) is 0.611. The Balaban J connectivity index is 1.13. The Hall–Kier alpha value is -2.70. The number of piperazine rings is 1. The molecule has 31 heavy (non-hydrogen) atoms. The van der Waals surface area contributed by atoms with Gasteiger partial charge in [-0.05, 0) is 24.1 Å². The minimum absolute atomic E-state index is 0.176. The van der Waals surface area contributed by atoms with Gasteiger partial charge in [0.1, 0.15) is 10.8 Å². The summed E-state index contributed by atoms with van der Waals surface area (Å²) in [5.41, 5.74) is 5.86. The predicted octanol–water partition coefficient (Wildman–Crippen LogP) is 3.94. The molecule has 0 aliphatic carbocycles. The van der Waals surface area contributed by atoms with E-state index in [4.69, 9.17) is 9.72 Å². The Morgan fingerprint density at radius 2 is 1.90 bits per heavy atom. The number of hydrogen-bond acceptors (Lipinski definition) is 5. The van der Waals surface area contributed by atoms with Crippen LogP contribution in [0.2, 0.25) is 0 Å². The zero-order valence-corrected chi connectivity index (χ0v) is 18.7. The third-order valence-electron chi connectivity index (χ3n) is 6.07. The molecule has 160 valence electrons. The van der Waals surface area contributed by atoms with Gasteiger partial charge >= 0.3 is 0 Å². The number of benzene rings is 2. The molecule has 5 nitrogen and oxygen atoms in total. The number of aryl methyl sites for hydroxylation is 1. The molecule has 1 aromatic heterocycles. The lowest BCUT2D eigenvalue weighted by Crippen LogP contribution is -2.48. The second-order valence-electron chi connectivity index (χ2n) is 8.38. The van der Waals surface area contributed by atoms with Gasteiger partial charge in [-0.1, -0.05) is 42.0 Å². The maximum Gasteiger partial charge on any atom is 0.228 e. The van der Waals surface area contributed by atoms with Crippen LogP contribution >= 0.6 is 11.3 Å². The standard InChI is InChI=1S/C25H27N3O2S/c1-18-2-5-20(6-3-18)25-26-22(17-31-25)15-24(29)28-11-9-27(10-12-28)16-19-4-7-23-21(14-19)8-13-30-23/h2-7,14,17H,8-13,15-16H2,1H3. The van der Waals surface area contributed by atoms with Crippen molar-refractivity contribution in [2.75, 3.05) is 32.8 Å². The lowest BCUT2D eigenvalue weighted by atomic mass is 10.1. The Labute approximate surface area is 187 Å². The highest BCUT2D eigenvalue weighted by Crippen LogP contribution is 2.27. The minimum Gasteiger partial charge on any atom is -0.493 e. The van der Waals surface area contributed by atoms with Gasteiger partial charge in [0.05, 0.1) is 18.7 Å². The van der Waals surface area contributed by atoms with Crippen molar-refractivity contribution in [3.05, 3.63) is 70.2 Å². The second kappa shape index (κ2) is 8.81. The lowest BCUT2D eigenvalue weighted by Gasteiger charge is -2.34. The van der Waals surface area contributed by atoms with Crippen molar-refractivity contribution in [2.45, 2.75) is 26.3 Å². The van der Waals surface area contributed by atoms with Gasteiger partial charge in [-0.2, -0.15) is 0 Å². The van der Waals surface area contributed by atoms with E-state index < -0.39 is 0 Å². The number of hydrogen-bond donors (Lipinski definition) is 0. The lowest BCUT2D eigenvalue weighted by molar-refractivity contribution is -0.132. The predicted molar refractivity (Wildman–Crippen MR) is 123 cm³/mol. The van der Waals surface area contributed by atoms with Crippen LogP contribution in [-0.4, -0.2) is 53.5 Å². The molecule has 3 heterocycles. The van der Waals surface area contributed by atoms with Gasteiger partial charge in [0.15, 0.2) is 0 Å².